The maximum Gasteiger partial charge on any atom is 0.306 e. The van der Waals surface area contributed by atoms with Gasteiger partial charge in [-0.15, -0.1) is 0 Å². The molecular weight excluding hydrogens is 1010 g/mol. The fourth-order valence-electron chi connectivity index (χ4n) is 10.0. The van der Waals surface area contributed by atoms with Crippen molar-refractivity contribution in [1.29, 1.82) is 0 Å². The van der Waals surface area contributed by atoms with Crippen molar-refractivity contribution in [3.8, 4) is 0 Å². The zero-order valence-corrected chi connectivity index (χ0v) is 54.2. The lowest BCUT2D eigenvalue weighted by molar-refractivity contribution is -0.167. The smallest absolute Gasteiger partial charge is 0.306 e. The summed E-state index contributed by atoms with van der Waals surface area (Å²) in [5.41, 5.74) is 0. The van der Waals surface area contributed by atoms with Gasteiger partial charge in [-0.25, -0.2) is 0 Å². The molecule has 0 saturated carbocycles. The van der Waals surface area contributed by atoms with Crippen LogP contribution in [0.5, 0.6) is 0 Å². The van der Waals surface area contributed by atoms with Crippen LogP contribution in [0.4, 0.5) is 0 Å². The van der Waals surface area contributed by atoms with Gasteiger partial charge in [-0.2, -0.15) is 0 Å². The summed E-state index contributed by atoms with van der Waals surface area (Å²) in [4.78, 5) is 38.5. The SMILES string of the molecule is CC/C=C\C/C=C\C/C=C\C/C=C\CCCCCCCCCCCCC(=O)OCC(COC(=O)CCCCCCCCC/C=C\C/C=C\CCCCCC)OC(=O)CCCCCCCCCCCCC/C=C\C/C=C\CCCCCCC. The molecule has 0 bridgehead atoms. The summed E-state index contributed by atoms with van der Waals surface area (Å²) in [6.07, 6.45) is 94.2. The monoisotopic (exact) mass is 1140 g/mol. The van der Waals surface area contributed by atoms with E-state index in [0.717, 1.165) is 103 Å². The molecule has 0 aliphatic carbocycles. The first-order chi connectivity index (χ1) is 40.5. The van der Waals surface area contributed by atoms with Gasteiger partial charge in [0.1, 0.15) is 13.2 Å². The van der Waals surface area contributed by atoms with Crippen LogP contribution in [0.2, 0.25) is 0 Å². The molecule has 472 valence electrons. The second-order valence-corrected chi connectivity index (χ2v) is 23.4. The van der Waals surface area contributed by atoms with Gasteiger partial charge in [0, 0.05) is 19.3 Å². The molecule has 0 amide bonds. The minimum Gasteiger partial charge on any atom is -0.462 e. The first kappa shape index (κ1) is 78.3. The van der Waals surface area contributed by atoms with Crippen LogP contribution in [-0.2, 0) is 28.6 Å². The third kappa shape index (κ3) is 67.1. The lowest BCUT2D eigenvalue weighted by Gasteiger charge is -2.18. The Labute approximate surface area is 508 Å². The van der Waals surface area contributed by atoms with E-state index in [1.165, 1.54) is 205 Å². The number of unbranched alkanes of at least 4 members (excludes halogenated alkanes) is 37. The van der Waals surface area contributed by atoms with Crippen molar-refractivity contribution in [1.82, 2.24) is 0 Å². The van der Waals surface area contributed by atoms with Gasteiger partial charge in [0.05, 0.1) is 0 Å². The Morgan fingerprint density at radius 1 is 0.256 bits per heavy atom. The quantitative estimate of drug-likeness (QED) is 0.0261. The zero-order valence-electron chi connectivity index (χ0n) is 54.2. The third-order valence-corrected chi connectivity index (χ3v) is 15.3. The number of carbonyl (C=O) groups excluding carboxylic acids is 3. The Kier molecular flexibility index (Phi) is 66.7. The molecule has 0 fully saturated rings. The van der Waals surface area contributed by atoms with Gasteiger partial charge in [-0.1, -0.05) is 304 Å². The first-order valence-corrected chi connectivity index (χ1v) is 35.2. The summed E-state index contributed by atoms with van der Waals surface area (Å²) >= 11 is 0. The Hall–Kier alpha value is -3.67. The lowest BCUT2D eigenvalue weighted by Crippen LogP contribution is -2.30. The number of hydrogen-bond donors (Lipinski definition) is 0. The molecule has 1 unspecified atom stereocenters. The van der Waals surface area contributed by atoms with E-state index in [0.29, 0.717) is 19.3 Å². The van der Waals surface area contributed by atoms with Gasteiger partial charge >= 0.3 is 17.9 Å². The number of allylic oxidation sites excluding steroid dienone is 16. The minimum absolute atomic E-state index is 0.0818. The van der Waals surface area contributed by atoms with Gasteiger partial charge in [0.25, 0.3) is 0 Å². The van der Waals surface area contributed by atoms with Crippen molar-refractivity contribution < 1.29 is 28.6 Å². The molecule has 0 aliphatic heterocycles. The van der Waals surface area contributed by atoms with Crippen molar-refractivity contribution in [3.63, 3.8) is 0 Å². The molecule has 0 aromatic rings. The zero-order chi connectivity index (χ0) is 59.2. The van der Waals surface area contributed by atoms with Crippen LogP contribution in [0, 0.1) is 0 Å². The minimum atomic E-state index is -0.787. The fourth-order valence-corrected chi connectivity index (χ4v) is 10.0. The highest BCUT2D eigenvalue weighted by atomic mass is 16.6. The van der Waals surface area contributed by atoms with Crippen LogP contribution in [0.25, 0.3) is 0 Å². The van der Waals surface area contributed by atoms with Crippen LogP contribution in [0.15, 0.2) is 97.2 Å². The molecule has 82 heavy (non-hydrogen) atoms. The van der Waals surface area contributed by atoms with Crippen LogP contribution < -0.4 is 0 Å². The number of hydrogen-bond acceptors (Lipinski definition) is 6. The molecule has 0 rings (SSSR count). The average molecular weight is 1140 g/mol. The van der Waals surface area contributed by atoms with Crippen molar-refractivity contribution in [2.24, 2.45) is 0 Å². The van der Waals surface area contributed by atoms with E-state index in [1.54, 1.807) is 0 Å². The Bertz CT molecular complexity index is 1590. The number of ether oxygens (including phenoxy) is 3. The molecule has 0 aromatic carbocycles. The van der Waals surface area contributed by atoms with E-state index in [-0.39, 0.29) is 31.1 Å². The fraction of sp³-hybridized carbons (Fsp3) is 0.750. The van der Waals surface area contributed by atoms with Crippen LogP contribution in [-0.4, -0.2) is 37.2 Å². The topological polar surface area (TPSA) is 78.9 Å². The average Bonchev–Trinajstić information content (AvgIpc) is 3.47. The van der Waals surface area contributed by atoms with E-state index < -0.39 is 6.10 Å². The van der Waals surface area contributed by atoms with Crippen molar-refractivity contribution in [3.05, 3.63) is 97.2 Å². The molecule has 6 nitrogen and oxygen atoms in total. The van der Waals surface area contributed by atoms with E-state index >= 15 is 0 Å². The van der Waals surface area contributed by atoms with E-state index in [9.17, 15) is 14.4 Å². The van der Waals surface area contributed by atoms with Crippen molar-refractivity contribution >= 4 is 17.9 Å². The molecular formula is C76H132O6. The number of esters is 3. The highest BCUT2D eigenvalue weighted by Gasteiger charge is 2.19. The van der Waals surface area contributed by atoms with E-state index in [1.807, 2.05) is 0 Å². The van der Waals surface area contributed by atoms with Gasteiger partial charge in [-0.05, 0) is 122 Å². The molecule has 0 saturated heterocycles. The number of rotatable bonds is 64. The van der Waals surface area contributed by atoms with Gasteiger partial charge < -0.3 is 14.2 Å². The van der Waals surface area contributed by atoms with Crippen molar-refractivity contribution in [2.45, 2.75) is 354 Å². The predicted molar refractivity (Wildman–Crippen MR) is 357 cm³/mol. The standard InChI is InChI=1S/C76H132O6/c1-4-7-10-13-16-19-22-25-28-31-34-36-38-40-42-45-48-51-54-57-60-63-66-69-75(78)81-72-73(71-80-74(77)68-65-62-59-56-53-50-47-44-33-30-27-24-21-18-15-12-9-6-3)82-76(79)70-67-64-61-58-55-52-49-46-43-41-39-37-35-32-29-26-23-20-17-14-11-8-5-2/h7,10,16,19,21,23-26,28,30,32-36,73H,4-6,8-9,11-15,17-18,20,22,27,29,31,37-72H2,1-3H3/b10-7-,19-16-,24-21-,26-23-,28-25-,33-30-,35-32-,36-34-. The highest BCUT2D eigenvalue weighted by molar-refractivity contribution is 5.71. The van der Waals surface area contributed by atoms with Gasteiger partial charge in [0.15, 0.2) is 6.10 Å². The van der Waals surface area contributed by atoms with Crippen LogP contribution in [0.3, 0.4) is 0 Å². The molecule has 6 heteroatoms. The van der Waals surface area contributed by atoms with Gasteiger partial charge in [0.2, 0.25) is 0 Å². The third-order valence-electron chi connectivity index (χ3n) is 15.3. The molecule has 0 N–H and O–H groups in total. The maximum absolute atomic E-state index is 13.0. The Morgan fingerprint density at radius 3 is 0.756 bits per heavy atom. The molecule has 0 spiro atoms. The molecule has 0 heterocycles. The summed E-state index contributed by atoms with van der Waals surface area (Å²) in [5, 5.41) is 0. The summed E-state index contributed by atoms with van der Waals surface area (Å²) in [5.74, 6) is -0.879. The number of carbonyl (C=O) groups is 3. The van der Waals surface area contributed by atoms with E-state index in [2.05, 4.69) is 118 Å². The van der Waals surface area contributed by atoms with Crippen LogP contribution in [0.1, 0.15) is 348 Å². The largest absolute Gasteiger partial charge is 0.462 e. The maximum atomic E-state index is 13.0. The summed E-state index contributed by atoms with van der Waals surface area (Å²) in [7, 11) is 0. The lowest BCUT2D eigenvalue weighted by atomic mass is 10.0. The van der Waals surface area contributed by atoms with Crippen LogP contribution >= 0.6 is 0 Å². The second kappa shape index (κ2) is 69.8. The highest BCUT2D eigenvalue weighted by Crippen LogP contribution is 2.17. The summed E-state index contributed by atoms with van der Waals surface area (Å²) in [6, 6.07) is 0. The van der Waals surface area contributed by atoms with E-state index in [4.69, 9.17) is 14.2 Å². The van der Waals surface area contributed by atoms with Gasteiger partial charge in [-0.3, -0.25) is 14.4 Å². The molecule has 0 aliphatic rings. The summed E-state index contributed by atoms with van der Waals surface area (Å²) < 4.78 is 17.0. The first-order valence-electron chi connectivity index (χ1n) is 35.2. The second-order valence-electron chi connectivity index (χ2n) is 23.4. The Balaban J connectivity index is 4.38. The predicted octanol–water partition coefficient (Wildman–Crippen LogP) is 24.4. The molecule has 0 aromatic heterocycles. The Morgan fingerprint density at radius 2 is 0.476 bits per heavy atom. The summed E-state index contributed by atoms with van der Waals surface area (Å²) in [6.45, 7) is 6.53. The normalized spacial score (nSPS) is 12.7. The molecule has 1 atom stereocenters. The molecule has 0 radical (unpaired) electrons. The van der Waals surface area contributed by atoms with Crippen molar-refractivity contribution in [2.75, 3.05) is 13.2 Å².